The molecule has 8 heteroatoms. The Labute approximate surface area is 193 Å². The molecule has 1 aliphatic carbocycles. The second-order valence-electron chi connectivity index (χ2n) is 9.27. The number of benzene rings is 2. The fourth-order valence-electron chi connectivity index (χ4n) is 4.20. The van der Waals surface area contributed by atoms with Crippen LogP contribution in [-0.2, 0) is 27.8 Å². The highest BCUT2D eigenvalue weighted by Gasteiger charge is 2.37. The second-order valence-corrected chi connectivity index (χ2v) is 13.1. The van der Waals surface area contributed by atoms with E-state index >= 15 is 0 Å². The largest absolute Gasteiger partial charge is 0.598 e. The average molecular weight is 475 g/mol. The molecule has 0 fully saturated rings. The normalized spacial score (nSPS) is 17.9. The van der Waals surface area contributed by atoms with Crippen molar-refractivity contribution in [2.75, 3.05) is 7.11 Å². The van der Waals surface area contributed by atoms with Crippen molar-refractivity contribution >= 4 is 32.3 Å². The number of nitrogens with zero attached hydrogens (tertiary/aromatic N) is 1. The Morgan fingerprint density at radius 2 is 1.84 bits per heavy atom. The lowest BCUT2D eigenvalue weighted by Gasteiger charge is -2.30. The van der Waals surface area contributed by atoms with Crippen molar-refractivity contribution in [2.24, 2.45) is 0 Å². The van der Waals surface area contributed by atoms with Crippen molar-refractivity contribution in [3.05, 3.63) is 59.3 Å². The highest BCUT2D eigenvalue weighted by atomic mass is 32.2. The first-order valence-electron chi connectivity index (χ1n) is 10.8. The molecule has 0 spiro atoms. The number of ether oxygens (including phenoxy) is 1. The number of methoxy groups -OCH3 is 1. The Morgan fingerprint density at radius 3 is 2.47 bits per heavy atom. The SMILES string of the molecule is COc1ccc2c(c1)c1c(n2S(=O)(=O)c2ccc(C)cc2)CCC[C@H]1N[S+]([O-])C(C)(C)C. The van der Waals surface area contributed by atoms with Gasteiger partial charge in [0.05, 0.1) is 23.6 Å². The van der Waals surface area contributed by atoms with Gasteiger partial charge in [0.2, 0.25) is 0 Å². The summed E-state index contributed by atoms with van der Waals surface area (Å²) < 4.78 is 50.3. The molecule has 1 unspecified atom stereocenters. The minimum Gasteiger partial charge on any atom is -0.598 e. The summed E-state index contributed by atoms with van der Waals surface area (Å²) in [4.78, 5) is 0.256. The summed E-state index contributed by atoms with van der Waals surface area (Å²) in [7, 11) is -2.21. The highest BCUT2D eigenvalue weighted by Crippen LogP contribution is 2.41. The molecule has 0 aliphatic heterocycles. The fourth-order valence-corrected chi connectivity index (χ4v) is 6.64. The Balaban J connectivity index is 1.95. The monoisotopic (exact) mass is 474 g/mol. The summed E-state index contributed by atoms with van der Waals surface area (Å²) in [6.07, 6.45) is 2.23. The predicted molar refractivity (Wildman–Crippen MR) is 129 cm³/mol. The van der Waals surface area contributed by atoms with Crippen molar-refractivity contribution in [1.82, 2.24) is 8.69 Å². The van der Waals surface area contributed by atoms with Crippen LogP contribution in [0.2, 0.25) is 0 Å². The van der Waals surface area contributed by atoms with Gasteiger partial charge in [-0.3, -0.25) is 0 Å². The Hall–Kier alpha value is -2.00. The molecule has 3 aromatic rings. The zero-order valence-corrected chi connectivity index (χ0v) is 20.8. The van der Waals surface area contributed by atoms with Crippen LogP contribution in [0.1, 0.15) is 56.5 Å². The third-order valence-electron chi connectivity index (χ3n) is 5.89. The molecule has 0 saturated heterocycles. The number of nitrogens with one attached hydrogen (secondary N) is 1. The molecular weight excluding hydrogens is 444 g/mol. The molecule has 32 heavy (non-hydrogen) atoms. The van der Waals surface area contributed by atoms with E-state index in [9.17, 15) is 13.0 Å². The second kappa shape index (κ2) is 8.41. The molecular formula is C24H30N2O4S2. The summed E-state index contributed by atoms with van der Waals surface area (Å²) in [6.45, 7) is 7.71. The van der Waals surface area contributed by atoms with Gasteiger partial charge in [0, 0.05) is 28.0 Å². The van der Waals surface area contributed by atoms with E-state index in [4.69, 9.17) is 4.74 Å². The minimum absolute atomic E-state index is 0.206. The van der Waals surface area contributed by atoms with Crippen LogP contribution >= 0.6 is 0 Å². The van der Waals surface area contributed by atoms with Crippen LogP contribution in [0.4, 0.5) is 0 Å². The molecule has 2 atom stereocenters. The van der Waals surface area contributed by atoms with Crippen molar-refractivity contribution in [3.8, 4) is 5.75 Å². The lowest BCUT2D eigenvalue weighted by atomic mass is 9.91. The molecule has 6 nitrogen and oxygen atoms in total. The van der Waals surface area contributed by atoms with Crippen LogP contribution in [-0.4, -0.2) is 28.8 Å². The maximum atomic E-state index is 13.8. The van der Waals surface area contributed by atoms with E-state index in [0.717, 1.165) is 35.0 Å². The lowest BCUT2D eigenvalue weighted by molar-refractivity contribution is 0.415. The van der Waals surface area contributed by atoms with Crippen molar-refractivity contribution in [1.29, 1.82) is 0 Å². The first-order chi connectivity index (χ1) is 15.0. The Morgan fingerprint density at radius 1 is 1.16 bits per heavy atom. The van der Waals surface area contributed by atoms with Crippen molar-refractivity contribution in [2.45, 2.75) is 62.6 Å². The number of hydrogen-bond donors (Lipinski definition) is 1. The maximum absolute atomic E-state index is 13.8. The van der Waals surface area contributed by atoms with E-state index in [2.05, 4.69) is 4.72 Å². The maximum Gasteiger partial charge on any atom is 0.268 e. The van der Waals surface area contributed by atoms with Crippen molar-refractivity contribution in [3.63, 3.8) is 0 Å². The van der Waals surface area contributed by atoms with Gasteiger partial charge >= 0.3 is 0 Å². The summed E-state index contributed by atoms with van der Waals surface area (Å²) >= 11 is -1.28. The number of rotatable bonds is 5. The van der Waals surface area contributed by atoms with E-state index in [1.54, 1.807) is 31.4 Å². The molecule has 1 heterocycles. The van der Waals surface area contributed by atoms with Crippen LogP contribution in [0.25, 0.3) is 10.9 Å². The number of aryl methyl sites for hydroxylation is 1. The Bertz CT molecular complexity index is 1240. The van der Waals surface area contributed by atoms with Gasteiger partial charge in [-0.25, -0.2) is 12.4 Å². The third kappa shape index (κ3) is 4.05. The van der Waals surface area contributed by atoms with Gasteiger partial charge in [0.15, 0.2) is 0 Å². The van der Waals surface area contributed by atoms with Gasteiger partial charge in [-0.1, -0.05) is 17.7 Å². The number of hydrogen-bond acceptors (Lipinski definition) is 5. The summed E-state index contributed by atoms with van der Waals surface area (Å²) in [6, 6.07) is 12.2. The Kier molecular flexibility index (Phi) is 6.09. The van der Waals surface area contributed by atoms with Crippen LogP contribution in [0, 0.1) is 6.92 Å². The molecule has 2 aromatic carbocycles. The van der Waals surface area contributed by atoms with E-state index in [0.29, 0.717) is 17.7 Å². The van der Waals surface area contributed by atoms with Crippen LogP contribution in [0.5, 0.6) is 5.75 Å². The number of fused-ring (bicyclic) bond motifs is 3. The molecule has 1 N–H and O–H groups in total. The highest BCUT2D eigenvalue weighted by molar-refractivity contribution is 7.91. The zero-order chi connectivity index (χ0) is 23.3. The molecule has 0 saturated carbocycles. The molecule has 0 bridgehead atoms. The van der Waals surface area contributed by atoms with E-state index in [-0.39, 0.29) is 10.9 Å². The van der Waals surface area contributed by atoms with E-state index in [1.165, 1.54) is 3.97 Å². The van der Waals surface area contributed by atoms with Gasteiger partial charge in [0.25, 0.3) is 10.0 Å². The topological polar surface area (TPSA) is 83.4 Å². The van der Waals surface area contributed by atoms with Gasteiger partial charge in [-0.05, 0) is 77.3 Å². The van der Waals surface area contributed by atoms with Gasteiger partial charge < -0.3 is 9.29 Å². The molecule has 0 amide bonds. The summed E-state index contributed by atoms with van der Waals surface area (Å²) in [5, 5.41) is 0.818. The van der Waals surface area contributed by atoms with Gasteiger partial charge in [-0.2, -0.15) is 0 Å². The summed E-state index contributed by atoms with van der Waals surface area (Å²) in [5.74, 6) is 0.659. The molecule has 1 aromatic heterocycles. The predicted octanol–water partition coefficient (Wildman–Crippen LogP) is 4.62. The molecule has 172 valence electrons. The van der Waals surface area contributed by atoms with Crippen LogP contribution < -0.4 is 9.46 Å². The quantitative estimate of drug-likeness (QED) is 0.546. The van der Waals surface area contributed by atoms with Crippen LogP contribution in [0.15, 0.2) is 47.4 Å². The minimum atomic E-state index is -3.81. The summed E-state index contributed by atoms with van der Waals surface area (Å²) in [5.41, 5.74) is 3.27. The van der Waals surface area contributed by atoms with Gasteiger partial charge in [-0.15, -0.1) is 4.72 Å². The van der Waals surface area contributed by atoms with Crippen molar-refractivity contribution < 1.29 is 17.7 Å². The first-order valence-corrected chi connectivity index (χ1v) is 13.3. The smallest absolute Gasteiger partial charge is 0.268 e. The average Bonchev–Trinajstić information content (AvgIpc) is 3.08. The first kappa shape index (κ1) is 23.2. The van der Waals surface area contributed by atoms with Gasteiger partial charge in [0.1, 0.15) is 10.5 Å². The zero-order valence-electron chi connectivity index (χ0n) is 19.1. The fraction of sp³-hybridized carbons (Fsp3) is 0.417. The van der Waals surface area contributed by atoms with E-state index in [1.807, 2.05) is 45.9 Å². The lowest BCUT2D eigenvalue weighted by Crippen LogP contribution is -2.42. The standard InChI is InChI=1S/C24H30N2O4S2/c1-16-9-12-18(13-10-16)32(28,29)26-21-14-11-17(30-5)15-19(21)23-20(7-6-8-22(23)26)25-31(27)24(2,3)4/h9-15,20,25H,6-8H2,1-5H3/t20-,31?/m1/s1. The molecule has 1 aliphatic rings. The molecule has 0 radical (unpaired) electrons. The molecule has 4 rings (SSSR count). The van der Waals surface area contributed by atoms with E-state index < -0.39 is 26.1 Å². The number of aromatic nitrogens is 1. The van der Waals surface area contributed by atoms with Crippen LogP contribution in [0.3, 0.4) is 0 Å². The third-order valence-corrected chi connectivity index (χ3v) is 9.26.